The zero-order valence-electron chi connectivity index (χ0n) is 22.9. The molecule has 1 amide bonds. The SMILES string of the molecule is CCCC(CCC(=O)N(C)C1CCCCC1)n1c(N)nc2ccc(Oc3ccccc3)cc21.O=C(O)C(F)(F)F. The largest absolute Gasteiger partial charge is 0.490 e. The van der Waals surface area contributed by atoms with Crippen LogP contribution >= 0.6 is 0 Å². The fraction of sp³-hybridized carbons (Fsp3) is 0.483. The van der Waals surface area contributed by atoms with Gasteiger partial charge in [-0.3, -0.25) is 4.79 Å². The molecule has 0 bridgehead atoms. The Balaban J connectivity index is 0.000000559. The maximum Gasteiger partial charge on any atom is 0.490 e. The van der Waals surface area contributed by atoms with Gasteiger partial charge in [0.15, 0.2) is 0 Å². The monoisotopic (exact) mass is 562 g/mol. The fourth-order valence-electron chi connectivity index (χ4n) is 5.04. The van der Waals surface area contributed by atoms with E-state index in [1.54, 1.807) is 0 Å². The van der Waals surface area contributed by atoms with Gasteiger partial charge in [0.25, 0.3) is 0 Å². The van der Waals surface area contributed by atoms with Crippen LogP contribution in [0.3, 0.4) is 0 Å². The molecule has 2 aromatic carbocycles. The molecular weight excluding hydrogens is 525 g/mol. The molecule has 0 radical (unpaired) electrons. The van der Waals surface area contributed by atoms with Crippen LogP contribution in [0.2, 0.25) is 0 Å². The Hall–Kier alpha value is -3.76. The molecule has 1 saturated carbocycles. The van der Waals surface area contributed by atoms with Crippen LogP contribution in [-0.4, -0.2) is 50.7 Å². The first-order valence-electron chi connectivity index (χ1n) is 13.6. The second-order valence-corrected chi connectivity index (χ2v) is 9.99. The number of halogens is 3. The Labute approximate surface area is 231 Å². The summed E-state index contributed by atoms with van der Waals surface area (Å²) in [5, 5.41) is 7.12. The first-order valence-corrected chi connectivity index (χ1v) is 13.6. The van der Waals surface area contributed by atoms with Crippen LogP contribution in [0.15, 0.2) is 48.5 Å². The molecule has 3 aromatic rings. The number of benzene rings is 2. The molecule has 218 valence electrons. The lowest BCUT2D eigenvalue weighted by Crippen LogP contribution is -2.38. The molecule has 3 N–H and O–H groups in total. The highest BCUT2D eigenvalue weighted by atomic mass is 19.4. The van der Waals surface area contributed by atoms with Crippen molar-refractivity contribution in [2.24, 2.45) is 0 Å². The van der Waals surface area contributed by atoms with Gasteiger partial charge in [-0.15, -0.1) is 0 Å². The molecule has 1 atom stereocenters. The predicted octanol–water partition coefficient (Wildman–Crippen LogP) is 6.96. The number of hydrogen-bond donors (Lipinski definition) is 2. The lowest BCUT2D eigenvalue weighted by molar-refractivity contribution is -0.192. The van der Waals surface area contributed by atoms with Crippen molar-refractivity contribution in [3.8, 4) is 11.5 Å². The summed E-state index contributed by atoms with van der Waals surface area (Å²) in [5.41, 5.74) is 8.18. The number of aliphatic carboxylic acids is 1. The molecular formula is C29H37F3N4O4. The molecule has 1 heterocycles. The molecule has 8 nitrogen and oxygen atoms in total. The smallest absolute Gasteiger partial charge is 0.475 e. The maximum absolute atomic E-state index is 13.0. The van der Waals surface area contributed by atoms with Crippen molar-refractivity contribution >= 4 is 28.9 Å². The Morgan fingerprint density at radius 3 is 2.35 bits per heavy atom. The average molecular weight is 563 g/mol. The van der Waals surface area contributed by atoms with Crippen molar-refractivity contribution in [1.29, 1.82) is 0 Å². The maximum atomic E-state index is 13.0. The van der Waals surface area contributed by atoms with Gasteiger partial charge in [0.05, 0.1) is 11.0 Å². The summed E-state index contributed by atoms with van der Waals surface area (Å²) in [6.07, 6.45) is 4.15. The number of carbonyl (C=O) groups excluding carboxylic acids is 1. The van der Waals surface area contributed by atoms with E-state index >= 15 is 0 Å². The zero-order chi connectivity index (χ0) is 29.3. The van der Waals surface area contributed by atoms with E-state index in [9.17, 15) is 18.0 Å². The van der Waals surface area contributed by atoms with Gasteiger partial charge in [-0.2, -0.15) is 13.2 Å². The molecule has 1 fully saturated rings. The van der Waals surface area contributed by atoms with Crippen molar-refractivity contribution in [2.45, 2.75) is 83.0 Å². The van der Waals surface area contributed by atoms with E-state index < -0.39 is 12.1 Å². The summed E-state index contributed by atoms with van der Waals surface area (Å²) in [6, 6.07) is 16.1. The van der Waals surface area contributed by atoms with Gasteiger partial charge < -0.3 is 25.0 Å². The van der Waals surface area contributed by atoms with Crippen LogP contribution in [0.25, 0.3) is 11.0 Å². The number of carboxylic acids is 1. The highest BCUT2D eigenvalue weighted by Gasteiger charge is 2.38. The summed E-state index contributed by atoms with van der Waals surface area (Å²) in [6.45, 7) is 2.17. The van der Waals surface area contributed by atoms with Crippen molar-refractivity contribution in [2.75, 3.05) is 12.8 Å². The third-order valence-electron chi connectivity index (χ3n) is 7.10. The van der Waals surface area contributed by atoms with E-state index in [2.05, 4.69) is 16.5 Å². The Kier molecular flexibility index (Phi) is 10.8. The van der Waals surface area contributed by atoms with Gasteiger partial charge in [-0.05, 0) is 49.9 Å². The van der Waals surface area contributed by atoms with Crippen LogP contribution in [0.5, 0.6) is 11.5 Å². The number of nitrogen functional groups attached to an aromatic ring is 1. The Morgan fingerprint density at radius 2 is 1.75 bits per heavy atom. The normalized spacial score (nSPS) is 14.7. The fourth-order valence-corrected chi connectivity index (χ4v) is 5.04. The topological polar surface area (TPSA) is 111 Å². The molecule has 11 heteroatoms. The summed E-state index contributed by atoms with van der Waals surface area (Å²) in [4.78, 5) is 28.5. The highest BCUT2D eigenvalue weighted by molar-refractivity contribution is 5.80. The van der Waals surface area contributed by atoms with Gasteiger partial charge in [-0.25, -0.2) is 9.78 Å². The van der Waals surface area contributed by atoms with Crippen LogP contribution in [0.4, 0.5) is 19.1 Å². The number of hydrogen-bond acceptors (Lipinski definition) is 5. The minimum absolute atomic E-state index is 0.121. The molecule has 40 heavy (non-hydrogen) atoms. The van der Waals surface area contributed by atoms with E-state index in [0.29, 0.717) is 18.4 Å². The van der Waals surface area contributed by atoms with Crippen LogP contribution < -0.4 is 10.5 Å². The lowest BCUT2D eigenvalue weighted by Gasteiger charge is -2.32. The number of ether oxygens (including phenoxy) is 1. The van der Waals surface area contributed by atoms with E-state index in [1.165, 1.54) is 19.3 Å². The number of carboxylic acid groups (broad SMARTS) is 1. The molecule has 4 rings (SSSR count). The number of carbonyl (C=O) groups is 2. The third kappa shape index (κ3) is 8.37. The highest BCUT2D eigenvalue weighted by Crippen LogP contribution is 2.33. The number of alkyl halides is 3. The van der Waals surface area contributed by atoms with Crippen molar-refractivity contribution in [1.82, 2.24) is 14.5 Å². The summed E-state index contributed by atoms with van der Waals surface area (Å²) < 4.78 is 39.9. The summed E-state index contributed by atoms with van der Waals surface area (Å²) in [7, 11) is 1.97. The number of nitrogens with zero attached hydrogens (tertiary/aromatic N) is 3. The number of amides is 1. The van der Waals surface area contributed by atoms with Gasteiger partial charge in [-0.1, -0.05) is 50.8 Å². The zero-order valence-corrected chi connectivity index (χ0v) is 22.9. The second kappa shape index (κ2) is 14.0. The van der Waals surface area contributed by atoms with Crippen LogP contribution in [0, 0.1) is 0 Å². The number of anilines is 1. The van der Waals surface area contributed by atoms with Crippen molar-refractivity contribution in [3.63, 3.8) is 0 Å². The van der Waals surface area contributed by atoms with Gasteiger partial charge >= 0.3 is 12.1 Å². The number of rotatable bonds is 9. The molecule has 1 unspecified atom stereocenters. The Morgan fingerprint density at radius 1 is 1.10 bits per heavy atom. The molecule has 1 aliphatic carbocycles. The number of imidazole rings is 1. The standard InChI is InChI=1S/C27H36N4O2.C2HF3O2/c1-3-10-21(15-18-26(32)30(2)20-11-6-4-7-12-20)31-25-19-23(16-17-24(25)29-27(31)28)33-22-13-8-5-9-14-22;3-2(4,5)1(6)7/h5,8-9,13-14,16-17,19-21H,3-4,6-7,10-12,15,18H2,1-2H3,(H2,28,29);(H,6,7). The first-order chi connectivity index (χ1) is 19.0. The minimum Gasteiger partial charge on any atom is -0.475 e. The molecule has 0 saturated heterocycles. The predicted molar refractivity (Wildman–Crippen MR) is 147 cm³/mol. The van der Waals surface area contributed by atoms with E-state index in [-0.39, 0.29) is 11.9 Å². The van der Waals surface area contributed by atoms with Gasteiger partial charge in [0.1, 0.15) is 11.5 Å². The van der Waals surface area contributed by atoms with Crippen molar-refractivity contribution in [3.05, 3.63) is 48.5 Å². The Bertz CT molecular complexity index is 1260. The molecule has 0 aliphatic heterocycles. The van der Waals surface area contributed by atoms with Gasteiger partial charge in [0, 0.05) is 31.6 Å². The number of fused-ring (bicyclic) bond motifs is 1. The molecule has 0 spiro atoms. The second-order valence-electron chi connectivity index (χ2n) is 9.99. The minimum atomic E-state index is -5.08. The summed E-state index contributed by atoms with van der Waals surface area (Å²) in [5.74, 6) is -0.490. The quantitative estimate of drug-likeness (QED) is 0.292. The van der Waals surface area contributed by atoms with E-state index in [4.69, 9.17) is 20.4 Å². The third-order valence-corrected chi connectivity index (χ3v) is 7.10. The number of aromatic nitrogens is 2. The number of nitrogens with two attached hydrogens (primary N) is 1. The molecule has 1 aliphatic rings. The van der Waals surface area contributed by atoms with Crippen LogP contribution in [0.1, 0.15) is 70.8 Å². The number of para-hydroxylation sites is 1. The summed E-state index contributed by atoms with van der Waals surface area (Å²) >= 11 is 0. The lowest BCUT2D eigenvalue weighted by atomic mass is 9.94. The van der Waals surface area contributed by atoms with E-state index in [1.807, 2.05) is 60.5 Å². The van der Waals surface area contributed by atoms with E-state index in [0.717, 1.165) is 54.6 Å². The van der Waals surface area contributed by atoms with Crippen LogP contribution in [-0.2, 0) is 9.59 Å². The average Bonchev–Trinajstić information content (AvgIpc) is 3.26. The van der Waals surface area contributed by atoms with Crippen molar-refractivity contribution < 1.29 is 32.6 Å². The van der Waals surface area contributed by atoms with Gasteiger partial charge in [0.2, 0.25) is 11.9 Å². The molecule has 1 aromatic heterocycles. The first kappa shape index (κ1) is 30.8.